The maximum absolute atomic E-state index is 9.78. The van der Waals surface area contributed by atoms with Gasteiger partial charge in [0.1, 0.15) is 0 Å². The third-order valence-corrected chi connectivity index (χ3v) is 2.77. The topological polar surface area (TPSA) is 17.1 Å². The molecule has 0 unspecified atom stereocenters. The van der Waals surface area contributed by atoms with E-state index in [9.17, 15) is 4.79 Å². The molecule has 0 aromatic rings. The summed E-state index contributed by atoms with van der Waals surface area (Å²) >= 11 is 0. The molecule has 0 radical (unpaired) electrons. The molecule has 0 aromatic heterocycles. The number of aldehydes is 1. The molecule has 0 aromatic carbocycles. The predicted octanol–water partition coefficient (Wildman–Crippen LogP) is 1.16. The second-order valence-electron chi connectivity index (χ2n) is 2.31. The molecule has 0 spiro atoms. The van der Waals surface area contributed by atoms with Crippen molar-refractivity contribution in [3.05, 3.63) is 12.3 Å². The van der Waals surface area contributed by atoms with Crippen LogP contribution < -0.4 is 0 Å². The first-order chi connectivity index (χ1) is 4.12. The summed E-state index contributed by atoms with van der Waals surface area (Å²) in [5, 5.41) is 0. The second kappa shape index (κ2) is 3.26. The summed E-state index contributed by atoms with van der Waals surface area (Å²) in [6, 6.07) is 0. The van der Waals surface area contributed by atoms with Gasteiger partial charge in [-0.1, -0.05) is 18.8 Å². The van der Waals surface area contributed by atoms with Crippen molar-refractivity contribution in [3.8, 4) is 11.5 Å². The number of hydrogen-bond donors (Lipinski definition) is 0. The molecule has 0 amide bonds. The Morgan fingerprint density at radius 1 is 1.56 bits per heavy atom. The van der Waals surface area contributed by atoms with Gasteiger partial charge in [0.2, 0.25) is 0 Å². The average Bonchev–Trinajstić information content (AvgIpc) is 1.84. The SMILES string of the molecule is C=C[Si](C)(C)C#CC=O. The zero-order valence-electron chi connectivity index (χ0n) is 5.77. The van der Waals surface area contributed by atoms with Crippen molar-refractivity contribution in [2.45, 2.75) is 13.1 Å². The van der Waals surface area contributed by atoms with Gasteiger partial charge in [-0.2, -0.15) is 0 Å². The fourth-order valence-electron chi connectivity index (χ4n) is 0.266. The van der Waals surface area contributed by atoms with Gasteiger partial charge in [-0.3, -0.25) is 4.79 Å². The maximum Gasteiger partial charge on any atom is 0.192 e. The molecule has 0 rings (SSSR count). The lowest BCUT2D eigenvalue weighted by Gasteiger charge is -2.04. The van der Waals surface area contributed by atoms with Gasteiger partial charge in [0.05, 0.1) is 0 Å². The van der Waals surface area contributed by atoms with E-state index in [2.05, 4.69) is 18.0 Å². The van der Waals surface area contributed by atoms with Crippen LogP contribution in [0.5, 0.6) is 0 Å². The van der Waals surface area contributed by atoms with Crippen LogP contribution in [0.25, 0.3) is 0 Å². The highest BCUT2D eigenvalue weighted by Crippen LogP contribution is 1.98. The molecular weight excluding hydrogens is 128 g/mol. The van der Waals surface area contributed by atoms with Crippen molar-refractivity contribution in [3.63, 3.8) is 0 Å². The molecule has 0 aliphatic carbocycles. The van der Waals surface area contributed by atoms with Gasteiger partial charge >= 0.3 is 0 Å². The highest BCUT2D eigenvalue weighted by atomic mass is 28.3. The fourth-order valence-corrected chi connectivity index (χ4v) is 0.799. The van der Waals surface area contributed by atoms with Gasteiger partial charge in [0.25, 0.3) is 0 Å². The molecule has 0 aliphatic heterocycles. The van der Waals surface area contributed by atoms with E-state index in [1.807, 2.05) is 18.8 Å². The average molecular weight is 138 g/mol. The zero-order valence-corrected chi connectivity index (χ0v) is 6.77. The highest BCUT2D eigenvalue weighted by molar-refractivity contribution is 6.89. The van der Waals surface area contributed by atoms with Crippen LogP contribution >= 0.6 is 0 Å². The molecule has 0 saturated carbocycles. The fraction of sp³-hybridized carbons (Fsp3) is 0.286. The highest BCUT2D eigenvalue weighted by Gasteiger charge is 2.10. The van der Waals surface area contributed by atoms with Crippen molar-refractivity contribution in [1.29, 1.82) is 0 Å². The first kappa shape index (κ1) is 8.19. The van der Waals surface area contributed by atoms with Crippen LogP contribution in [-0.2, 0) is 4.79 Å². The molecule has 48 valence electrons. The third-order valence-electron chi connectivity index (χ3n) is 0.964. The smallest absolute Gasteiger partial charge is 0.192 e. The molecule has 0 bridgehead atoms. The quantitative estimate of drug-likeness (QED) is 0.302. The summed E-state index contributed by atoms with van der Waals surface area (Å²) in [7, 11) is -1.53. The minimum absolute atomic E-state index is 0.623. The Balaban J connectivity index is 4.16. The first-order valence-electron chi connectivity index (χ1n) is 2.72. The Kier molecular flexibility index (Phi) is 2.96. The number of carbonyl (C=O) groups excluding carboxylic acids is 1. The van der Waals surface area contributed by atoms with Crippen molar-refractivity contribution in [2.75, 3.05) is 0 Å². The van der Waals surface area contributed by atoms with Crippen LogP contribution in [0.2, 0.25) is 13.1 Å². The van der Waals surface area contributed by atoms with Crippen LogP contribution in [0, 0.1) is 11.5 Å². The summed E-state index contributed by atoms with van der Waals surface area (Å²) in [5.41, 5.74) is 4.71. The number of rotatable bonds is 1. The lowest BCUT2D eigenvalue weighted by molar-refractivity contribution is -0.103. The van der Waals surface area contributed by atoms with E-state index in [0.29, 0.717) is 6.29 Å². The summed E-state index contributed by atoms with van der Waals surface area (Å²) in [6.45, 7) is 7.70. The van der Waals surface area contributed by atoms with Gasteiger partial charge < -0.3 is 0 Å². The standard InChI is InChI=1S/C7H10OSi/c1-4-9(2,3)7-5-6-8/h4,6H,1H2,2-3H3. The van der Waals surface area contributed by atoms with Crippen molar-refractivity contribution in [1.82, 2.24) is 0 Å². The monoisotopic (exact) mass is 138 g/mol. The lowest BCUT2D eigenvalue weighted by atomic mass is 10.8. The van der Waals surface area contributed by atoms with Crippen LogP contribution in [-0.4, -0.2) is 14.4 Å². The number of hydrogen-bond acceptors (Lipinski definition) is 1. The van der Waals surface area contributed by atoms with Gasteiger partial charge in [-0.15, -0.1) is 12.1 Å². The zero-order chi connectivity index (χ0) is 7.33. The van der Waals surface area contributed by atoms with Gasteiger partial charge in [-0.05, 0) is 5.92 Å². The summed E-state index contributed by atoms with van der Waals surface area (Å²) in [6.07, 6.45) is 0.623. The van der Waals surface area contributed by atoms with Crippen LogP contribution in [0.15, 0.2) is 12.3 Å². The van der Waals surface area contributed by atoms with Crippen LogP contribution in [0.1, 0.15) is 0 Å². The molecule has 0 saturated heterocycles. The normalized spacial score (nSPS) is 9.11. The third kappa shape index (κ3) is 3.74. The summed E-state index contributed by atoms with van der Waals surface area (Å²) in [5.74, 6) is 2.40. The van der Waals surface area contributed by atoms with E-state index < -0.39 is 8.07 Å². The Labute approximate surface area is 56.8 Å². The molecule has 9 heavy (non-hydrogen) atoms. The largest absolute Gasteiger partial charge is 0.289 e. The second-order valence-corrected chi connectivity index (χ2v) is 6.41. The van der Waals surface area contributed by atoms with Gasteiger partial charge in [-0.25, -0.2) is 0 Å². The first-order valence-corrected chi connectivity index (χ1v) is 5.80. The predicted molar refractivity (Wildman–Crippen MR) is 41.5 cm³/mol. The minimum Gasteiger partial charge on any atom is -0.289 e. The molecular formula is C7H10OSi. The number of carbonyl (C=O) groups is 1. The van der Waals surface area contributed by atoms with Crippen molar-refractivity contribution < 1.29 is 4.79 Å². The molecule has 0 aliphatic rings. The van der Waals surface area contributed by atoms with Crippen LogP contribution in [0.4, 0.5) is 0 Å². The van der Waals surface area contributed by atoms with E-state index >= 15 is 0 Å². The molecule has 0 fully saturated rings. The van der Waals surface area contributed by atoms with E-state index in [1.165, 1.54) is 0 Å². The molecule has 2 heteroatoms. The van der Waals surface area contributed by atoms with Gasteiger partial charge in [0, 0.05) is 0 Å². The Morgan fingerprint density at radius 3 is 2.44 bits per heavy atom. The molecule has 0 N–H and O–H groups in total. The summed E-state index contributed by atoms with van der Waals surface area (Å²) < 4.78 is 0. The van der Waals surface area contributed by atoms with E-state index in [1.54, 1.807) is 0 Å². The van der Waals surface area contributed by atoms with Crippen molar-refractivity contribution in [2.24, 2.45) is 0 Å². The minimum atomic E-state index is -1.53. The molecule has 1 nitrogen and oxygen atoms in total. The Bertz CT molecular complexity index is 171. The van der Waals surface area contributed by atoms with E-state index in [0.717, 1.165) is 0 Å². The van der Waals surface area contributed by atoms with E-state index in [4.69, 9.17) is 0 Å². The Hall–Kier alpha value is -0.813. The Morgan fingerprint density at radius 2 is 2.11 bits per heavy atom. The molecule has 0 heterocycles. The molecule has 0 atom stereocenters. The van der Waals surface area contributed by atoms with Crippen molar-refractivity contribution >= 4 is 14.4 Å². The van der Waals surface area contributed by atoms with E-state index in [-0.39, 0.29) is 0 Å². The van der Waals surface area contributed by atoms with Gasteiger partial charge in [0.15, 0.2) is 14.4 Å². The van der Waals surface area contributed by atoms with Crippen LogP contribution in [0.3, 0.4) is 0 Å². The lowest BCUT2D eigenvalue weighted by Crippen LogP contribution is -2.19. The summed E-state index contributed by atoms with van der Waals surface area (Å²) in [4.78, 5) is 9.78. The maximum atomic E-state index is 9.78.